The lowest BCUT2D eigenvalue weighted by Gasteiger charge is -2.06. The van der Waals surface area contributed by atoms with Crippen LogP contribution in [0.3, 0.4) is 0 Å². The number of rotatable bonds is 1. The smallest absolute Gasteiger partial charge is 0.219 e. The Morgan fingerprint density at radius 3 is 2.73 bits per heavy atom. The van der Waals surface area contributed by atoms with E-state index in [0.717, 1.165) is 0 Å². The van der Waals surface area contributed by atoms with Crippen LogP contribution in [-0.2, 0) is 0 Å². The molecule has 1 aromatic rings. The van der Waals surface area contributed by atoms with Gasteiger partial charge in [-0.1, -0.05) is 0 Å². The van der Waals surface area contributed by atoms with E-state index >= 15 is 0 Å². The van der Waals surface area contributed by atoms with Crippen LogP contribution >= 0.6 is 22.6 Å². The molecule has 0 spiro atoms. The molecule has 0 radical (unpaired) electrons. The van der Waals surface area contributed by atoms with E-state index in [2.05, 4.69) is 4.98 Å². The van der Waals surface area contributed by atoms with Gasteiger partial charge in [0.1, 0.15) is 0 Å². The van der Waals surface area contributed by atoms with E-state index in [4.69, 9.17) is 5.11 Å². The highest BCUT2D eigenvalue weighted by molar-refractivity contribution is 14.1. The topological polar surface area (TPSA) is 33.1 Å². The summed E-state index contributed by atoms with van der Waals surface area (Å²) in [5, 5.41) is 9.10. The second-order valence-electron chi connectivity index (χ2n) is 2.17. The van der Waals surface area contributed by atoms with Crippen LogP contribution in [0.1, 0.15) is 18.6 Å². The van der Waals surface area contributed by atoms with Gasteiger partial charge in [0.25, 0.3) is 0 Å². The predicted octanol–water partition coefficient (Wildman–Crippen LogP) is 1.88. The molecule has 60 valence electrons. The van der Waals surface area contributed by atoms with E-state index in [0.29, 0.717) is 3.57 Å². The van der Waals surface area contributed by atoms with Crippen molar-refractivity contribution in [2.24, 2.45) is 0 Å². The van der Waals surface area contributed by atoms with E-state index in [9.17, 15) is 4.39 Å². The molecule has 0 aliphatic rings. The van der Waals surface area contributed by atoms with Crippen molar-refractivity contribution < 1.29 is 9.50 Å². The van der Waals surface area contributed by atoms with Crippen LogP contribution in [0.25, 0.3) is 0 Å². The largest absolute Gasteiger partial charge is 0.388 e. The molecule has 1 unspecified atom stereocenters. The predicted molar refractivity (Wildman–Crippen MR) is 47.5 cm³/mol. The lowest BCUT2D eigenvalue weighted by Crippen LogP contribution is -2.00. The number of hydrogen-bond donors (Lipinski definition) is 1. The second-order valence-corrected chi connectivity index (χ2v) is 3.34. The number of aliphatic hydroxyl groups is 1. The van der Waals surface area contributed by atoms with Crippen molar-refractivity contribution >= 4 is 22.6 Å². The summed E-state index contributed by atoms with van der Waals surface area (Å²) in [6.07, 6.45) is 0.582. The summed E-state index contributed by atoms with van der Waals surface area (Å²) in [6, 6.07) is 1.66. The molecule has 0 aromatic carbocycles. The van der Waals surface area contributed by atoms with Gasteiger partial charge in [0, 0.05) is 15.3 Å². The van der Waals surface area contributed by atoms with Crippen LogP contribution in [-0.4, -0.2) is 10.1 Å². The number of pyridine rings is 1. The Bertz CT molecular complexity index is 244. The van der Waals surface area contributed by atoms with Crippen molar-refractivity contribution in [2.45, 2.75) is 13.0 Å². The van der Waals surface area contributed by atoms with Gasteiger partial charge in [-0.3, -0.25) is 0 Å². The fraction of sp³-hybridized carbons (Fsp3) is 0.286. The zero-order chi connectivity index (χ0) is 8.43. The maximum atomic E-state index is 12.8. The summed E-state index contributed by atoms with van der Waals surface area (Å²) in [4.78, 5) is 3.43. The summed E-state index contributed by atoms with van der Waals surface area (Å²) in [7, 11) is 0. The summed E-state index contributed by atoms with van der Waals surface area (Å²) in [5.41, 5.74) is 0.271. The van der Waals surface area contributed by atoms with E-state index in [1.165, 1.54) is 13.1 Å². The van der Waals surface area contributed by atoms with Gasteiger partial charge >= 0.3 is 0 Å². The molecule has 2 nitrogen and oxygen atoms in total. The quantitative estimate of drug-likeness (QED) is 0.622. The second kappa shape index (κ2) is 3.44. The third kappa shape index (κ3) is 1.87. The summed E-state index contributed by atoms with van der Waals surface area (Å²) in [6.45, 7) is 1.52. The van der Waals surface area contributed by atoms with Crippen LogP contribution in [0.4, 0.5) is 4.39 Å². The average Bonchev–Trinajstić information content (AvgIpc) is 1.85. The van der Waals surface area contributed by atoms with Crippen molar-refractivity contribution in [2.75, 3.05) is 0 Å². The summed E-state index contributed by atoms with van der Waals surface area (Å²) in [5.74, 6) is -0.591. The SMILES string of the molecule is CC(O)c1c(I)ccnc1F. The molecule has 0 fully saturated rings. The van der Waals surface area contributed by atoms with E-state index in [1.54, 1.807) is 6.07 Å². The molecule has 0 aliphatic heterocycles. The average molecular weight is 267 g/mol. The zero-order valence-corrected chi connectivity index (χ0v) is 8.04. The minimum atomic E-state index is -0.796. The Kier molecular flexibility index (Phi) is 2.78. The number of nitrogens with zero attached hydrogens (tertiary/aromatic N) is 1. The Labute approximate surface area is 77.6 Å². The van der Waals surface area contributed by atoms with Gasteiger partial charge in [-0.15, -0.1) is 0 Å². The van der Waals surface area contributed by atoms with Crippen molar-refractivity contribution in [3.63, 3.8) is 0 Å². The molecule has 1 N–H and O–H groups in total. The van der Waals surface area contributed by atoms with Crippen molar-refractivity contribution in [3.8, 4) is 0 Å². The standard InChI is InChI=1S/C7H7FINO/c1-4(11)6-5(9)2-3-10-7(6)8/h2-4,11H,1H3. The Hall–Kier alpha value is -0.230. The van der Waals surface area contributed by atoms with Gasteiger partial charge in [-0.25, -0.2) is 4.98 Å². The van der Waals surface area contributed by atoms with Gasteiger partial charge < -0.3 is 5.11 Å². The fourth-order valence-electron chi connectivity index (χ4n) is 0.798. The highest BCUT2D eigenvalue weighted by Gasteiger charge is 2.11. The molecule has 0 bridgehead atoms. The van der Waals surface area contributed by atoms with Gasteiger partial charge in [-0.2, -0.15) is 4.39 Å². The normalized spacial score (nSPS) is 13.1. The van der Waals surface area contributed by atoms with Crippen LogP contribution in [0.2, 0.25) is 0 Å². The first-order valence-corrected chi connectivity index (χ1v) is 4.18. The number of halogens is 2. The number of aromatic nitrogens is 1. The third-order valence-corrected chi connectivity index (χ3v) is 2.25. The van der Waals surface area contributed by atoms with Crippen LogP contribution in [0, 0.1) is 9.52 Å². The monoisotopic (exact) mass is 267 g/mol. The number of hydrogen-bond acceptors (Lipinski definition) is 2. The minimum absolute atomic E-state index is 0.271. The maximum Gasteiger partial charge on any atom is 0.219 e. The van der Waals surface area contributed by atoms with Gasteiger partial charge in [0.05, 0.1) is 6.10 Å². The molecular weight excluding hydrogens is 260 g/mol. The first kappa shape index (κ1) is 8.86. The van der Waals surface area contributed by atoms with Crippen LogP contribution in [0.15, 0.2) is 12.3 Å². The highest BCUT2D eigenvalue weighted by atomic mass is 127. The van der Waals surface area contributed by atoms with Crippen molar-refractivity contribution in [3.05, 3.63) is 27.3 Å². The molecule has 1 atom stereocenters. The molecule has 0 saturated carbocycles. The molecule has 4 heteroatoms. The molecule has 1 rings (SSSR count). The van der Waals surface area contributed by atoms with Crippen LogP contribution < -0.4 is 0 Å². The Morgan fingerprint density at radius 2 is 2.36 bits per heavy atom. The van der Waals surface area contributed by atoms with Gasteiger partial charge in [0.15, 0.2) is 0 Å². The zero-order valence-electron chi connectivity index (χ0n) is 5.88. The fourth-order valence-corrected chi connectivity index (χ4v) is 1.63. The summed E-state index contributed by atoms with van der Waals surface area (Å²) < 4.78 is 13.5. The lowest BCUT2D eigenvalue weighted by molar-refractivity contribution is 0.192. The van der Waals surface area contributed by atoms with Crippen molar-refractivity contribution in [1.29, 1.82) is 0 Å². The Balaban J connectivity index is 3.21. The molecule has 1 aromatic heterocycles. The van der Waals surface area contributed by atoms with Gasteiger partial charge in [0.2, 0.25) is 5.95 Å². The van der Waals surface area contributed by atoms with Gasteiger partial charge in [-0.05, 0) is 35.6 Å². The molecule has 0 aliphatic carbocycles. The highest BCUT2D eigenvalue weighted by Crippen LogP contribution is 2.20. The first-order valence-electron chi connectivity index (χ1n) is 3.11. The molecular formula is C7H7FINO. The maximum absolute atomic E-state index is 12.8. The minimum Gasteiger partial charge on any atom is -0.388 e. The summed E-state index contributed by atoms with van der Waals surface area (Å²) >= 11 is 1.96. The molecule has 0 amide bonds. The molecule has 1 heterocycles. The number of aliphatic hydroxyl groups excluding tert-OH is 1. The van der Waals surface area contributed by atoms with Crippen LogP contribution in [0.5, 0.6) is 0 Å². The van der Waals surface area contributed by atoms with E-state index in [-0.39, 0.29) is 5.56 Å². The third-order valence-electron chi connectivity index (χ3n) is 1.31. The lowest BCUT2D eigenvalue weighted by atomic mass is 10.2. The van der Waals surface area contributed by atoms with Crippen molar-refractivity contribution in [1.82, 2.24) is 4.98 Å². The Morgan fingerprint density at radius 1 is 1.73 bits per heavy atom. The van der Waals surface area contributed by atoms with E-state index < -0.39 is 12.1 Å². The molecule has 11 heavy (non-hydrogen) atoms. The van der Waals surface area contributed by atoms with E-state index in [1.807, 2.05) is 22.6 Å². The molecule has 0 saturated heterocycles. The first-order chi connectivity index (χ1) is 5.13.